The van der Waals surface area contributed by atoms with E-state index in [-0.39, 0.29) is 44.0 Å². The Balaban J connectivity index is 1.06. The number of rotatable bonds is 15. The number of hydrogen-bond acceptors (Lipinski definition) is 13. The van der Waals surface area contributed by atoms with Crippen molar-refractivity contribution in [2.75, 3.05) is 13.2 Å². The number of aliphatic hydroxyl groups is 2. The number of hydrogen-bond donors (Lipinski definition) is 3. The molecular weight excluding hydrogens is 923 g/mol. The summed E-state index contributed by atoms with van der Waals surface area (Å²) >= 11 is 0. The minimum atomic E-state index is -3.22. The Bertz CT molecular complexity index is 2620. The van der Waals surface area contributed by atoms with Gasteiger partial charge in [0.2, 0.25) is 0 Å². The number of carbonyl (C=O) groups excluding carboxylic acids is 5. The smallest absolute Gasteiger partial charge is 0.338 e. The third-order valence-electron chi connectivity index (χ3n) is 15.7. The van der Waals surface area contributed by atoms with Crippen LogP contribution in [-0.2, 0) is 48.8 Å². The molecule has 1 unspecified atom stereocenters. The lowest BCUT2D eigenvalue weighted by Crippen LogP contribution is -2.73. The van der Waals surface area contributed by atoms with E-state index in [2.05, 4.69) is 5.32 Å². The second-order valence-electron chi connectivity index (χ2n) is 20.2. The fourth-order valence-electron chi connectivity index (χ4n) is 11.4. The first kappa shape index (κ1) is 50.1. The minimum absolute atomic E-state index is 0.0855. The summed E-state index contributed by atoms with van der Waals surface area (Å²) in [6.07, 6.45) is -2.93. The molecule has 15 heteroatoms. The summed E-state index contributed by atoms with van der Waals surface area (Å²) in [6.45, 7) is 6.96. The Morgan fingerprint density at radius 3 is 2.06 bits per heavy atom. The lowest BCUT2D eigenvalue weighted by Gasteiger charge is -2.64. The molecule has 2 radical (unpaired) electrons. The molecule has 2 saturated heterocycles. The van der Waals surface area contributed by atoms with Gasteiger partial charge in [0.1, 0.15) is 36.8 Å². The quantitative estimate of drug-likeness (QED) is 0.0611. The Morgan fingerprint density at radius 1 is 0.831 bits per heavy atom. The highest BCUT2D eigenvalue weighted by Gasteiger charge is 2.72. The molecule has 0 aromatic heterocycles. The highest BCUT2D eigenvalue weighted by molar-refractivity contribution is 6.68. The first-order chi connectivity index (χ1) is 34.0. The standard InChI is InChI=1S/C56H61NO13Si/c1-35-41-29-44(58)55(4)45(70-71(27-17-18-28-71)67-34-46(59)66-32-36-19-9-5-10-20-36)30-42-40(33-65-42)47(55)50(69-52(62)39-25-15-8-16-26-39)56(64,54(41,2)3)31-43(35)68-53(63)49(60)48(37-21-11-6-12-22-37)57-51(61)38-23-13-7-14-24-38/h5-16,19-26,29,42-43,45,47-50,60,64H,17-18,27-28,30-34H2,1-4H3,(H,57,61)/t42-,43+,45+,47?,48+,49-,50+,55-,56-/m1/s1. The number of nitrogens with one attached hydrogen (secondary N) is 1. The van der Waals surface area contributed by atoms with Crippen LogP contribution in [0.3, 0.4) is 0 Å². The molecule has 372 valence electrons. The summed E-state index contributed by atoms with van der Waals surface area (Å²) in [5, 5.41) is 28.5. The maximum Gasteiger partial charge on any atom is 0.338 e. The molecule has 3 N–H and O–H groups in total. The maximum absolute atomic E-state index is 15.7. The van der Waals surface area contributed by atoms with Gasteiger partial charge in [0, 0.05) is 35.7 Å². The highest BCUT2D eigenvalue weighted by Crippen LogP contribution is 2.63. The summed E-state index contributed by atoms with van der Waals surface area (Å²) in [7, 11) is -3.22. The maximum atomic E-state index is 15.7. The molecule has 4 fully saturated rings. The van der Waals surface area contributed by atoms with Gasteiger partial charge in [-0.15, -0.1) is 0 Å². The van der Waals surface area contributed by atoms with Crippen LogP contribution in [0.4, 0.5) is 0 Å². The molecule has 0 spiro atoms. The number of esters is 3. The van der Waals surface area contributed by atoms with Gasteiger partial charge in [-0.05, 0) is 72.5 Å². The van der Waals surface area contributed by atoms with Crippen molar-refractivity contribution in [3.05, 3.63) is 167 Å². The first-order valence-corrected chi connectivity index (χ1v) is 26.6. The molecule has 2 heterocycles. The van der Waals surface area contributed by atoms with Gasteiger partial charge in [-0.1, -0.05) is 124 Å². The fourth-order valence-corrected chi connectivity index (χ4v) is 15.1. The van der Waals surface area contributed by atoms with Crippen molar-refractivity contribution in [3.8, 4) is 0 Å². The molecule has 3 aliphatic carbocycles. The van der Waals surface area contributed by atoms with Crippen LogP contribution in [0.25, 0.3) is 0 Å². The molecule has 14 nitrogen and oxygen atoms in total. The second-order valence-corrected chi connectivity index (χ2v) is 23.5. The van der Waals surface area contributed by atoms with Crippen LogP contribution >= 0.6 is 0 Å². The predicted molar refractivity (Wildman–Crippen MR) is 261 cm³/mol. The monoisotopic (exact) mass is 983 g/mol. The van der Waals surface area contributed by atoms with Crippen molar-refractivity contribution in [2.45, 2.75) is 114 Å². The fraction of sp³-hybridized carbons (Fsp3) is 0.411. The third kappa shape index (κ3) is 9.67. The van der Waals surface area contributed by atoms with Crippen molar-refractivity contribution in [3.63, 3.8) is 0 Å². The number of benzene rings is 4. The Hall–Kier alpha value is -5.81. The van der Waals surface area contributed by atoms with Gasteiger partial charge in [0.25, 0.3) is 5.91 Å². The van der Waals surface area contributed by atoms with E-state index in [9.17, 15) is 29.4 Å². The van der Waals surface area contributed by atoms with Gasteiger partial charge in [0.15, 0.2) is 6.10 Å². The molecule has 4 aromatic rings. The van der Waals surface area contributed by atoms with Crippen molar-refractivity contribution < 1.29 is 62.0 Å². The van der Waals surface area contributed by atoms with Crippen LogP contribution in [0, 0.1) is 29.1 Å². The van der Waals surface area contributed by atoms with Crippen LogP contribution < -0.4 is 5.32 Å². The summed E-state index contributed by atoms with van der Waals surface area (Å²) in [6, 6.07) is 34.6. The molecule has 9 atom stereocenters. The number of ketones is 1. The number of fused-ring (bicyclic) bond motifs is 5. The molecule has 1 amide bonds. The largest absolute Gasteiger partial charge is 0.459 e. The van der Waals surface area contributed by atoms with E-state index >= 15 is 4.79 Å². The van der Waals surface area contributed by atoms with E-state index in [0.29, 0.717) is 34.4 Å². The van der Waals surface area contributed by atoms with E-state index in [4.69, 9.17) is 27.8 Å². The van der Waals surface area contributed by atoms with Gasteiger partial charge in [-0.2, -0.15) is 0 Å². The molecule has 2 saturated carbocycles. The number of carbonyl (C=O) groups is 5. The molecule has 2 bridgehead atoms. The highest BCUT2D eigenvalue weighted by atomic mass is 28.4. The minimum Gasteiger partial charge on any atom is -0.459 e. The van der Waals surface area contributed by atoms with Gasteiger partial charge >= 0.3 is 26.5 Å². The summed E-state index contributed by atoms with van der Waals surface area (Å²) in [5.41, 5.74) is -2.23. The lowest BCUT2D eigenvalue weighted by atomic mass is 9.46. The van der Waals surface area contributed by atoms with E-state index in [1.807, 2.05) is 30.3 Å². The predicted octanol–water partition coefficient (Wildman–Crippen LogP) is 7.30. The Morgan fingerprint density at radius 2 is 1.44 bits per heavy atom. The van der Waals surface area contributed by atoms with Crippen LogP contribution in [0.5, 0.6) is 0 Å². The average Bonchev–Trinajstić information content (AvgIpc) is 3.85. The van der Waals surface area contributed by atoms with E-state index in [0.717, 1.165) is 24.3 Å². The number of ether oxygens (including phenoxy) is 4. The average molecular weight is 984 g/mol. The molecule has 5 aliphatic rings. The van der Waals surface area contributed by atoms with E-state index < -0.39 is 91.3 Å². The summed E-state index contributed by atoms with van der Waals surface area (Å²) in [4.78, 5) is 71.2. The van der Waals surface area contributed by atoms with E-state index in [1.54, 1.807) is 119 Å². The normalized spacial score (nSPS) is 28.4. The van der Waals surface area contributed by atoms with Gasteiger partial charge in [0.05, 0.1) is 42.3 Å². The SMILES string of the molecule is CC1=C2[CH]C(=O)[C@@]3(C)C([C]4CO[C@@H]4C[C@@H]3O[Si]3(OCC(=O)OCc4ccccc4)CCCC3)[C@H](OC(=O)c3ccccc3)[C@](O)(C[C@@H]1OC(=O)[C@H](O)[C@@H](NC(=O)c1ccccc1)c1ccccc1)C2(C)C. The molecular formula is C56H61NO13Si. The molecule has 9 rings (SSSR count). The van der Waals surface area contributed by atoms with Crippen LogP contribution in [-0.4, -0.2) is 97.7 Å². The topological polar surface area (TPSA) is 193 Å². The van der Waals surface area contributed by atoms with Crippen molar-refractivity contribution in [1.82, 2.24) is 5.32 Å². The van der Waals surface area contributed by atoms with Crippen LogP contribution in [0.1, 0.15) is 91.3 Å². The van der Waals surface area contributed by atoms with Crippen LogP contribution in [0.15, 0.2) is 132 Å². The molecule has 71 heavy (non-hydrogen) atoms. The number of amides is 1. The third-order valence-corrected chi connectivity index (χ3v) is 19.3. The van der Waals surface area contributed by atoms with Gasteiger partial charge in [-0.25, -0.2) is 14.4 Å². The zero-order chi connectivity index (χ0) is 50.1. The second kappa shape index (κ2) is 20.4. The van der Waals surface area contributed by atoms with Crippen molar-refractivity contribution in [1.29, 1.82) is 0 Å². The number of aliphatic hydroxyl groups excluding tert-OH is 1. The summed E-state index contributed by atoms with van der Waals surface area (Å²) < 4.78 is 38.4. The summed E-state index contributed by atoms with van der Waals surface area (Å²) in [5.74, 6) is -3.47. The molecule has 2 aliphatic heterocycles. The van der Waals surface area contributed by atoms with Gasteiger partial charge < -0.3 is 43.3 Å². The van der Waals surface area contributed by atoms with Crippen molar-refractivity contribution in [2.24, 2.45) is 16.7 Å². The van der Waals surface area contributed by atoms with Gasteiger partial charge in [-0.3, -0.25) is 9.59 Å². The lowest BCUT2D eigenvalue weighted by molar-refractivity contribution is -0.230. The Labute approximate surface area is 415 Å². The zero-order valence-corrected chi connectivity index (χ0v) is 41.4. The first-order valence-electron chi connectivity index (χ1n) is 24.4. The van der Waals surface area contributed by atoms with Crippen molar-refractivity contribution >= 4 is 38.2 Å². The molecule has 4 aromatic carbocycles. The van der Waals surface area contributed by atoms with E-state index in [1.165, 1.54) is 6.42 Å². The zero-order valence-electron chi connectivity index (χ0n) is 40.4. The van der Waals surface area contributed by atoms with Crippen LogP contribution in [0.2, 0.25) is 12.1 Å². The Kier molecular flexibility index (Phi) is 14.4. The number of Topliss-reactive ketones (excluding diaryl/α,β-unsaturated/α-hetero) is 1.